The zero-order chi connectivity index (χ0) is 14.0. The molecule has 0 radical (unpaired) electrons. The van der Waals surface area contributed by atoms with Crippen LogP contribution in [-0.2, 0) is 4.79 Å². The number of halogens is 1. The topological polar surface area (TPSA) is 55.1 Å². The minimum Gasteiger partial charge on any atom is -0.368 e. The van der Waals surface area contributed by atoms with E-state index in [-0.39, 0.29) is 17.9 Å². The molecule has 1 saturated carbocycles. The predicted octanol–water partition coefficient (Wildman–Crippen LogP) is 2.69. The summed E-state index contributed by atoms with van der Waals surface area (Å²) in [6, 6.07) is 8.18. The van der Waals surface area contributed by atoms with Crippen LogP contribution in [0, 0.1) is 5.92 Å². The smallest absolute Gasteiger partial charge is 0.234 e. The predicted molar refractivity (Wildman–Crippen MR) is 78.2 cm³/mol. The maximum Gasteiger partial charge on any atom is 0.234 e. The summed E-state index contributed by atoms with van der Waals surface area (Å²) in [5, 5.41) is 4.13. The summed E-state index contributed by atoms with van der Waals surface area (Å²) in [5.41, 5.74) is 6.73. The van der Waals surface area contributed by atoms with Crippen molar-refractivity contribution in [3.05, 3.63) is 34.9 Å². The van der Waals surface area contributed by atoms with Crippen molar-refractivity contribution in [2.24, 2.45) is 11.7 Å². The van der Waals surface area contributed by atoms with E-state index in [0.717, 1.165) is 17.9 Å². The van der Waals surface area contributed by atoms with Crippen LogP contribution in [0.3, 0.4) is 0 Å². The molecule has 1 unspecified atom stereocenters. The monoisotopic (exact) mass is 280 g/mol. The number of benzene rings is 1. The van der Waals surface area contributed by atoms with Crippen molar-refractivity contribution in [3.8, 4) is 0 Å². The molecule has 3 nitrogen and oxygen atoms in total. The second-order valence-electron chi connectivity index (χ2n) is 5.71. The fourth-order valence-corrected chi connectivity index (χ4v) is 2.74. The third-order valence-corrected chi connectivity index (χ3v) is 4.12. The summed E-state index contributed by atoms with van der Waals surface area (Å²) in [4.78, 5) is 11.4. The van der Waals surface area contributed by atoms with Gasteiger partial charge in [0, 0.05) is 11.1 Å². The zero-order valence-corrected chi connectivity index (χ0v) is 12.2. The first-order valence-electron chi connectivity index (χ1n) is 6.78. The van der Waals surface area contributed by atoms with Gasteiger partial charge in [-0.05, 0) is 42.4 Å². The normalized spacial score (nSPS) is 24.0. The molecule has 1 aliphatic carbocycles. The Balaban J connectivity index is 1.86. The number of hydrogen-bond donors (Lipinski definition) is 2. The fourth-order valence-electron chi connectivity index (χ4n) is 2.62. The van der Waals surface area contributed by atoms with E-state index in [9.17, 15) is 4.79 Å². The molecule has 2 rings (SSSR count). The van der Waals surface area contributed by atoms with E-state index >= 15 is 0 Å². The van der Waals surface area contributed by atoms with Crippen LogP contribution in [0.1, 0.15) is 38.2 Å². The van der Waals surface area contributed by atoms with Gasteiger partial charge in [-0.1, -0.05) is 37.6 Å². The first-order chi connectivity index (χ1) is 8.97. The van der Waals surface area contributed by atoms with Gasteiger partial charge in [-0.2, -0.15) is 0 Å². The maximum absolute atomic E-state index is 11.4. The molecule has 0 aliphatic heterocycles. The lowest BCUT2D eigenvalue weighted by Crippen LogP contribution is -2.53. The summed E-state index contributed by atoms with van der Waals surface area (Å²) in [5.74, 6) is 0.535. The fraction of sp³-hybridized carbons (Fsp3) is 0.533. The number of carbonyl (C=O) groups is 1. The Hall–Kier alpha value is -1.06. The molecule has 4 heteroatoms. The Kier molecular flexibility index (Phi) is 4.48. The van der Waals surface area contributed by atoms with Crippen molar-refractivity contribution in [2.75, 3.05) is 0 Å². The van der Waals surface area contributed by atoms with Gasteiger partial charge in [0.25, 0.3) is 0 Å². The van der Waals surface area contributed by atoms with Crippen molar-refractivity contribution < 1.29 is 4.79 Å². The summed E-state index contributed by atoms with van der Waals surface area (Å²) < 4.78 is 0. The van der Waals surface area contributed by atoms with Gasteiger partial charge in [-0.25, -0.2) is 0 Å². The van der Waals surface area contributed by atoms with E-state index in [1.165, 1.54) is 5.56 Å². The summed E-state index contributed by atoms with van der Waals surface area (Å²) >= 11 is 5.88. The van der Waals surface area contributed by atoms with Crippen LogP contribution < -0.4 is 11.1 Å². The molecule has 1 amide bonds. The van der Waals surface area contributed by atoms with Gasteiger partial charge in [-0.3, -0.25) is 4.79 Å². The average Bonchev–Trinajstić information content (AvgIpc) is 2.28. The second-order valence-corrected chi connectivity index (χ2v) is 6.14. The number of nitrogens with one attached hydrogen (secondary N) is 1. The van der Waals surface area contributed by atoms with E-state index in [4.69, 9.17) is 17.3 Å². The van der Waals surface area contributed by atoms with Crippen LogP contribution in [0.4, 0.5) is 0 Å². The van der Waals surface area contributed by atoms with Crippen molar-refractivity contribution in [1.82, 2.24) is 5.32 Å². The van der Waals surface area contributed by atoms with Gasteiger partial charge >= 0.3 is 0 Å². The first-order valence-corrected chi connectivity index (χ1v) is 7.16. The molecule has 19 heavy (non-hydrogen) atoms. The number of hydrogen-bond acceptors (Lipinski definition) is 2. The highest BCUT2D eigenvalue weighted by Crippen LogP contribution is 2.37. The van der Waals surface area contributed by atoms with Crippen molar-refractivity contribution in [1.29, 1.82) is 0 Å². The summed E-state index contributed by atoms with van der Waals surface area (Å²) in [6.45, 7) is 4.02. The van der Waals surface area contributed by atoms with Gasteiger partial charge in [0.1, 0.15) is 0 Å². The van der Waals surface area contributed by atoms with Gasteiger partial charge in [-0.15, -0.1) is 0 Å². The molecule has 104 valence electrons. The molecule has 0 aromatic heterocycles. The molecule has 0 spiro atoms. The highest BCUT2D eigenvalue weighted by Gasteiger charge is 2.33. The molecule has 0 heterocycles. The lowest BCUT2D eigenvalue weighted by atomic mass is 9.75. The molecular formula is C15H21ClN2O. The molecule has 3 N–H and O–H groups in total. The van der Waals surface area contributed by atoms with Crippen LogP contribution in [0.15, 0.2) is 24.3 Å². The van der Waals surface area contributed by atoms with Gasteiger partial charge in [0.15, 0.2) is 0 Å². The highest BCUT2D eigenvalue weighted by atomic mass is 35.5. The molecule has 1 aliphatic rings. The maximum atomic E-state index is 11.4. The number of carbonyl (C=O) groups excluding carboxylic acids is 1. The van der Waals surface area contributed by atoms with Crippen LogP contribution in [0.2, 0.25) is 5.02 Å². The van der Waals surface area contributed by atoms with Crippen molar-refractivity contribution >= 4 is 17.5 Å². The highest BCUT2D eigenvalue weighted by molar-refractivity contribution is 6.30. The minimum atomic E-state index is -0.259. The third kappa shape index (κ3) is 3.48. The molecule has 1 aromatic carbocycles. The Morgan fingerprint density at radius 3 is 2.37 bits per heavy atom. The second kappa shape index (κ2) is 5.93. The Morgan fingerprint density at radius 2 is 1.89 bits per heavy atom. The molecule has 0 bridgehead atoms. The number of nitrogens with two attached hydrogens (primary N) is 1. The summed E-state index contributed by atoms with van der Waals surface area (Å²) in [7, 11) is 0. The van der Waals surface area contributed by atoms with Crippen molar-refractivity contribution in [2.45, 2.75) is 44.7 Å². The molecular weight excluding hydrogens is 260 g/mol. The number of amides is 1. The Bertz CT molecular complexity index is 438. The van der Waals surface area contributed by atoms with Crippen LogP contribution in [-0.4, -0.2) is 18.0 Å². The largest absolute Gasteiger partial charge is 0.368 e. The minimum absolute atomic E-state index is 0.226. The number of rotatable bonds is 5. The Labute approximate surface area is 119 Å². The van der Waals surface area contributed by atoms with Gasteiger partial charge < -0.3 is 11.1 Å². The molecule has 0 saturated heterocycles. The molecule has 1 aromatic rings. The van der Waals surface area contributed by atoms with Gasteiger partial charge in [0.05, 0.1) is 6.04 Å². The van der Waals surface area contributed by atoms with Crippen LogP contribution in [0.5, 0.6) is 0 Å². The van der Waals surface area contributed by atoms with Crippen LogP contribution in [0.25, 0.3) is 0 Å². The lowest BCUT2D eigenvalue weighted by molar-refractivity contribution is -0.121. The SMILES string of the molecule is CC(C)C(NC1CC(c2ccc(Cl)cc2)C1)C(N)=O. The third-order valence-electron chi connectivity index (χ3n) is 3.87. The van der Waals surface area contributed by atoms with E-state index in [1.807, 2.05) is 26.0 Å². The zero-order valence-electron chi connectivity index (χ0n) is 11.4. The van der Waals surface area contributed by atoms with Crippen molar-refractivity contribution in [3.63, 3.8) is 0 Å². The van der Waals surface area contributed by atoms with Crippen LogP contribution >= 0.6 is 11.6 Å². The van der Waals surface area contributed by atoms with E-state index in [1.54, 1.807) is 0 Å². The van der Waals surface area contributed by atoms with E-state index in [0.29, 0.717) is 12.0 Å². The molecule has 1 atom stereocenters. The molecule has 1 fully saturated rings. The number of primary amides is 1. The van der Waals surface area contributed by atoms with E-state index < -0.39 is 0 Å². The van der Waals surface area contributed by atoms with Gasteiger partial charge in [0.2, 0.25) is 5.91 Å². The summed E-state index contributed by atoms with van der Waals surface area (Å²) in [6.07, 6.45) is 2.11. The lowest BCUT2D eigenvalue weighted by Gasteiger charge is -2.39. The van der Waals surface area contributed by atoms with E-state index in [2.05, 4.69) is 17.4 Å². The standard InChI is InChI=1S/C15H21ClN2O/c1-9(2)14(15(17)19)18-13-7-11(8-13)10-3-5-12(16)6-4-10/h3-6,9,11,13-14,18H,7-8H2,1-2H3,(H2,17,19). The quantitative estimate of drug-likeness (QED) is 0.871. The first kappa shape index (κ1) is 14.4. The average molecular weight is 281 g/mol. The Morgan fingerprint density at radius 1 is 1.32 bits per heavy atom.